The highest BCUT2D eigenvalue weighted by Gasteiger charge is 2.35. The number of aliphatic hydroxyl groups excluding tert-OH is 1. The number of thiophene rings is 1. The monoisotopic (exact) mass is 575 g/mol. The molecular formula is C25H29N5O7S2. The maximum atomic E-state index is 13.6. The van der Waals surface area contributed by atoms with Crippen molar-refractivity contribution in [2.45, 2.75) is 44.4 Å². The Bertz CT molecular complexity index is 1480. The topological polar surface area (TPSA) is 176 Å². The van der Waals surface area contributed by atoms with Crippen molar-refractivity contribution in [1.29, 1.82) is 0 Å². The van der Waals surface area contributed by atoms with Crippen LogP contribution in [-0.4, -0.2) is 66.7 Å². The van der Waals surface area contributed by atoms with Gasteiger partial charge in [0.2, 0.25) is 11.7 Å². The lowest BCUT2D eigenvalue weighted by Crippen LogP contribution is -2.24. The number of carbonyl (C=O) groups excluding carboxylic acids is 1. The van der Waals surface area contributed by atoms with Gasteiger partial charge in [0.15, 0.2) is 0 Å². The first-order valence-electron chi connectivity index (χ1n) is 12.3. The van der Waals surface area contributed by atoms with Crippen LogP contribution >= 0.6 is 11.3 Å². The lowest BCUT2D eigenvalue weighted by molar-refractivity contribution is 0.0658. The van der Waals surface area contributed by atoms with Crippen molar-refractivity contribution < 1.29 is 32.0 Å². The molecule has 39 heavy (non-hydrogen) atoms. The van der Waals surface area contributed by atoms with Gasteiger partial charge >= 0.3 is 10.3 Å². The number of ether oxygens (including phenoxy) is 2. The van der Waals surface area contributed by atoms with Gasteiger partial charge < -0.3 is 19.9 Å². The first kappa shape index (κ1) is 27.6. The van der Waals surface area contributed by atoms with Crippen molar-refractivity contribution in [2.24, 2.45) is 11.1 Å². The molecule has 1 saturated carbocycles. The van der Waals surface area contributed by atoms with Gasteiger partial charge in [-0.05, 0) is 37.8 Å². The molecule has 1 aliphatic heterocycles. The number of aryl methyl sites for hydroxylation is 1. The third kappa shape index (κ3) is 6.10. The fourth-order valence-corrected chi connectivity index (χ4v) is 6.39. The molecule has 0 amide bonds. The number of nitrogens with zero attached hydrogens (tertiary/aromatic N) is 3. The number of anilines is 1. The van der Waals surface area contributed by atoms with E-state index in [0.717, 1.165) is 28.1 Å². The zero-order valence-electron chi connectivity index (χ0n) is 21.4. The molecule has 0 radical (unpaired) electrons. The molecule has 1 unspecified atom stereocenters. The number of methoxy groups -OCH3 is 1. The highest BCUT2D eigenvalue weighted by molar-refractivity contribution is 7.84. The van der Waals surface area contributed by atoms with Crippen LogP contribution < -0.4 is 15.2 Å². The van der Waals surface area contributed by atoms with E-state index in [1.54, 1.807) is 7.11 Å². The van der Waals surface area contributed by atoms with E-state index in [2.05, 4.69) is 24.5 Å². The number of nitrogens with one attached hydrogen (secondary N) is 1. The largest absolute Gasteiger partial charge is 0.481 e. The van der Waals surface area contributed by atoms with Crippen molar-refractivity contribution in [1.82, 2.24) is 15.0 Å². The van der Waals surface area contributed by atoms with E-state index in [-0.39, 0.29) is 24.0 Å². The van der Waals surface area contributed by atoms with E-state index in [1.807, 2.05) is 25.1 Å². The highest BCUT2D eigenvalue weighted by Crippen LogP contribution is 2.38. The Morgan fingerprint density at radius 3 is 2.92 bits per heavy atom. The summed E-state index contributed by atoms with van der Waals surface area (Å²) in [5.74, 6) is 0.147. The van der Waals surface area contributed by atoms with Crippen molar-refractivity contribution in [3.05, 3.63) is 62.9 Å². The fourth-order valence-electron chi connectivity index (χ4n) is 5.03. The van der Waals surface area contributed by atoms with E-state index in [4.69, 9.17) is 14.6 Å². The van der Waals surface area contributed by atoms with Crippen molar-refractivity contribution >= 4 is 33.2 Å². The Morgan fingerprint density at radius 2 is 2.15 bits per heavy atom. The fraction of sp³-hybridized carbons (Fsp3) is 0.440. The summed E-state index contributed by atoms with van der Waals surface area (Å²) in [7, 11) is -2.54. The van der Waals surface area contributed by atoms with Crippen molar-refractivity contribution in [3.63, 3.8) is 0 Å². The summed E-state index contributed by atoms with van der Waals surface area (Å²) in [5, 5.41) is 18.5. The van der Waals surface area contributed by atoms with Gasteiger partial charge in [-0.25, -0.2) is 20.1 Å². The van der Waals surface area contributed by atoms with Crippen molar-refractivity contribution in [2.75, 3.05) is 25.6 Å². The molecule has 3 aromatic rings. The minimum atomic E-state index is -4.10. The van der Waals surface area contributed by atoms with E-state index >= 15 is 0 Å². The van der Waals surface area contributed by atoms with Gasteiger partial charge in [-0.3, -0.25) is 8.98 Å². The van der Waals surface area contributed by atoms with Gasteiger partial charge in [0.25, 0.3) is 0 Å². The van der Waals surface area contributed by atoms with E-state index in [0.29, 0.717) is 36.0 Å². The van der Waals surface area contributed by atoms with Crippen LogP contribution in [0.1, 0.15) is 55.9 Å². The number of rotatable bonds is 9. The van der Waals surface area contributed by atoms with E-state index in [1.165, 1.54) is 23.9 Å². The van der Waals surface area contributed by atoms with E-state index in [9.17, 15) is 18.3 Å². The van der Waals surface area contributed by atoms with Crippen LogP contribution in [0.3, 0.4) is 0 Å². The Hall–Kier alpha value is -3.01. The molecule has 4 atom stereocenters. The molecule has 1 aliphatic carbocycles. The number of nitrogens with two attached hydrogens (primary N) is 1. The Labute approximate surface area is 229 Å². The quantitative estimate of drug-likeness (QED) is 0.318. The number of aromatic nitrogens is 3. The highest BCUT2D eigenvalue weighted by atomic mass is 32.2. The van der Waals surface area contributed by atoms with Gasteiger partial charge in [-0.1, -0.05) is 6.07 Å². The van der Waals surface area contributed by atoms with Gasteiger partial charge in [0, 0.05) is 34.7 Å². The normalized spacial score (nSPS) is 22.9. The molecular weight excluding hydrogens is 546 g/mol. The van der Waals surface area contributed by atoms with Gasteiger partial charge in [-0.2, -0.15) is 8.42 Å². The standard InChI is InChI=1S/C25H29N5O7S2/c1-13-17(24-22-14(5-6-36-24)3-4-21(30-22)35-2)9-20(38-13)23(32)18-10-27-12-28-25(18)29-16-7-15(19(31)8-16)11-37-39(26,33)34/h3-4,9-10,12,15-16,19,24,31H,5-8,11H2,1-2H3,(H2,26,33,34)(H,27,28,29)/t15-,16-,19+,24?/m1/s1. The summed E-state index contributed by atoms with van der Waals surface area (Å²) in [6.45, 7) is 2.26. The summed E-state index contributed by atoms with van der Waals surface area (Å²) in [5.41, 5.74) is 3.02. The molecule has 2 aliphatic rings. The molecule has 4 N–H and O–H groups in total. The third-order valence-corrected chi connectivity index (χ3v) is 8.49. The van der Waals surface area contributed by atoms with Gasteiger partial charge in [0.1, 0.15) is 18.2 Å². The Morgan fingerprint density at radius 1 is 1.33 bits per heavy atom. The molecule has 5 rings (SSSR count). The van der Waals surface area contributed by atoms with Crippen LogP contribution in [0.4, 0.5) is 5.82 Å². The second kappa shape index (κ2) is 11.2. The molecule has 3 aromatic heterocycles. The molecule has 1 fully saturated rings. The van der Waals surface area contributed by atoms with Crippen LogP contribution in [0, 0.1) is 12.8 Å². The number of hydrogen-bond acceptors (Lipinski definition) is 12. The van der Waals surface area contributed by atoms with Gasteiger partial charge in [-0.15, -0.1) is 11.3 Å². The summed E-state index contributed by atoms with van der Waals surface area (Å²) in [6.07, 6.45) is 3.07. The molecule has 0 aromatic carbocycles. The Kier molecular flexibility index (Phi) is 7.94. The number of fused-ring (bicyclic) bond motifs is 1. The minimum Gasteiger partial charge on any atom is -0.481 e. The van der Waals surface area contributed by atoms with Crippen molar-refractivity contribution in [3.8, 4) is 5.88 Å². The lowest BCUT2D eigenvalue weighted by Gasteiger charge is -2.25. The molecule has 0 spiro atoms. The van der Waals surface area contributed by atoms with Crippen LogP contribution in [0.2, 0.25) is 0 Å². The number of carbonyl (C=O) groups is 1. The first-order chi connectivity index (χ1) is 18.6. The number of ketones is 1. The van der Waals surface area contributed by atoms with Crippen LogP contribution in [0.15, 0.2) is 30.7 Å². The zero-order chi connectivity index (χ0) is 27.7. The predicted molar refractivity (Wildman–Crippen MR) is 142 cm³/mol. The number of hydrogen-bond donors (Lipinski definition) is 3. The average molecular weight is 576 g/mol. The smallest absolute Gasteiger partial charge is 0.333 e. The van der Waals surface area contributed by atoms with Crippen LogP contribution in [-0.2, 0) is 25.6 Å². The van der Waals surface area contributed by atoms with Crippen LogP contribution in [0.25, 0.3) is 0 Å². The Balaban J connectivity index is 1.35. The van der Waals surface area contributed by atoms with E-state index < -0.39 is 28.4 Å². The third-order valence-electron chi connectivity index (χ3n) is 6.96. The SMILES string of the molecule is COc1ccc2c(n1)C(c1cc(C(=O)c3cncnc3N[C@@H]3C[C@H](COS(N)(=O)=O)[C@@H](O)C3)sc1C)OCC2. The van der Waals surface area contributed by atoms with Crippen LogP contribution in [0.5, 0.6) is 5.88 Å². The summed E-state index contributed by atoms with van der Waals surface area (Å²) in [4.78, 5) is 28.0. The summed E-state index contributed by atoms with van der Waals surface area (Å²) in [6, 6.07) is 5.40. The maximum Gasteiger partial charge on any atom is 0.333 e. The second-order valence-electron chi connectivity index (χ2n) is 9.55. The second-order valence-corrected chi connectivity index (χ2v) is 12.0. The molecule has 4 heterocycles. The predicted octanol–water partition coefficient (Wildman–Crippen LogP) is 1.91. The minimum absolute atomic E-state index is 0.224. The molecule has 12 nitrogen and oxygen atoms in total. The summed E-state index contributed by atoms with van der Waals surface area (Å²) < 4.78 is 38.3. The number of aliphatic hydroxyl groups is 1. The average Bonchev–Trinajstić information content (AvgIpc) is 3.47. The molecule has 208 valence electrons. The first-order valence-corrected chi connectivity index (χ1v) is 14.6. The summed E-state index contributed by atoms with van der Waals surface area (Å²) >= 11 is 1.36. The van der Waals surface area contributed by atoms with Gasteiger partial charge in [0.05, 0.1) is 42.6 Å². The number of pyridine rings is 1. The zero-order valence-corrected chi connectivity index (χ0v) is 23.0. The molecule has 14 heteroatoms. The lowest BCUT2D eigenvalue weighted by atomic mass is 9.97. The molecule has 0 bridgehead atoms. The molecule has 0 saturated heterocycles. The maximum absolute atomic E-state index is 13.6.